The van der Waals surface area contributed by atoms with Crippen molar-refractivity contribution in [3.63, 3.8) is 0 Å². The average Bonchev–Trinajstić information content (AvgIpc) is 3.58. The van der Waals surface area contributed by atoms with E-state index in [-0.39, 0.29) is 11.8 Å². The number of esters is 2. The summed E-state index contributed by atoms with van der Waals surface area (Å²) in [6.45, 7) is 3.80. The highest BCUT2D eigenvalue weighted by molar-refractivity contribution is 5.91. The fourth-order valence-electron chi connectivity index (χ4n) is 7.16. The van der Waals surface area contributed by atoms with Crippen LogP contribution in [0.15, 0.2) is 60.7 Å². The molecule has 6 unspecified atom stereocenters. The molecule has 0 N–H and O–H groups in total. The van der Waals surface area contributed by atoms with E-state index in [0.29, 0.717) is 28.7 Å². The van der Waals surface area contributed by atoms with Gasteiger partial charge in [0, 0.05) is 11.8 Å². The van der Waals surface area contributed by atoms with Crippen LogP contribution in [0, 0.1) is 31.6 Å². The van der Waals surface area contributed by atoms with Gasteiger partial charge in [0.2, 0.25) is 0 Å². The Bertz CT molecular complexity index is 1410. The number of hydrogen-bond acceptors (Lipinski definition) is 6. The van der Waals surface area contributed by atoms with Crippen molar-refractivity contribution in [2.24, 2.45) is 17.8 Å². The minimum Gasteiger partial charge on any atom is -0.496 e. The third-order valence-corrected chi connectivity index (χ3v) is 8.80. The molecule has 3 aromatic carbocycles. The third-order valence-electron chi connectivity index (χ3n) is 8.80. The maximum Gasteiger partial charge on any atom is 0.338 e. The molecule has 3 aromatic rings. The lowest BCUT2D eigenvalue weighted by Gasteiger charge is -2.37. The van der Waals surface area contributed by atoms with Crippen LogP contribution in [-0.4, -0.2) is 38.4 Å². The van der Waals surface area contributed by atoms with Crippen molar-refractivity contribution >= 4 is 11.9 Å². The molecular formula is C32H32O6. The molecule has 6 rings (SSSR count). The topological polar surface area (TPSA) is 71.1 Å². The van der Waals surface area contributed by atoms with E-state index in [1.54, 1.807) is 50.6 Å². The molecule has 6 nitrogen and oxygen atoms in total. The summed E-state index contributed by atoms with van der Waals surface area (Å²) in [5, 5.41) is 0. The monoisotopic (exact) mass is 512 g/mol. The summed E-state index contributed by atoms with van der Waals surface area (Å²) in [5.41, 5.74) is 5.35. The Morgan fingerprint density at radius 3 is 1.82 bits per heavy atom. The van der Waals surface area contributed by atoms with Crippen molar-refractivity contribution in [2.45, 2.75) is 44.8 Å². The van der Waals surface area contributed by atoms with Gasteiger partial charge in [-0.05, 0) is 97.2 Å². The molecule has 2 saturated carbocycles. The molecule has 6 heteroatoms. The molecule has 0 aliphatic heterocycles. The standard InChI is InChI=1S/C32H32O6/c1-17-13-20(9-11-26(17)35-3)31(33)37-29-24-16-25(28-22-8-6-5-7-19(22)15-23(24)28)30(29)38-32(34)21-10-12-27(36-4)18(2)14-21/h5-14,23-25,28-30H,15-16H2,1-4H3. The Morgan fingerprint density at radius 2 is 1.26 bits per heavy atom. The quantitative estimate of drug-likeness (QED) is 0.396. The maximum absolute atomic E-state index is 13.4. The molecule has 0 aromatic heterocycles. The first kappa shape index (κ1) is 24.5. The van der Waals surface area contributed by atoms with Gasteiger partial charge in [0.05, 0.1) is 25.3 Å². The van der Waals surface area contributed by atoms with Crippen LogP contribution in [0.4, 0.5) is 0 Å². The SMILES string of the molecule is COc1ccc(C(=O)OC2C3CC(C2OC(=O)c2ccc(OC)c(C)c2)C2c4ccccc4CC32)cc1C. The zero-order valence-corrected chi connectivity index (χ0v) is 22.1. The van der Waals surface area contributed by atoms with E-state index in [1.807, 2.05) is 13.8 Å². The van der Waals surface area contributed by atoms with Crippen LogP contribution in [0.3, 0.4) is 0 Å². The molecule has 2 bridgehead atoms. The van der Waals surface area contributed by atoms with E-state index < -0.39 is 24.1 Å². The molecule has 6 atom stereocenters. The number of ether oxygens (including phenoxy) is 4. The summed E-state index contributed by atoms with van der Waals surface area (Å²) in [6, 6.07) is 19.1. The van der Waals surface area contributed by atoms with E-state index in [0.717, 1.165) is 29.7 Å². The lowest BCUT2D eigenvalue weighted by molar-refractivity contribution is -0.0698. The van der Waals surface area contributed by atoms with Crippen molar-refractivity contribution in [3.05, 3.63) is 94.0 Å². The van der Waals surface area contributed by atoms with Crippen LogP contribution >= 0.6 is 0 Å². The molecule has 0 saturated heterocycles. The van der Waals surface area contributed by atoms with Gasteiger partial charge in [0.15, 0.2) is 0 Å². The summed E-state index contributed by atoms with van der Waals surface area (Å²) in [7, 11) is 3.21. The molecule has 0 heterocycles. The van der Waals surface area contributed by atoms with Crippen molar-refractivity contribution in [2.75, 3.05) is 14.2 Å². The molecule has 2 fully saturated rings. The van der Waals surface area contributed by atoms with Crippen LogP contribution < -0.4 is 9.47 Å². The fraction of sp³-hybridized carbons (Fsp3) is 0.375. The van der Waals surface area contributed by atoms with Gasteiger partial charge >= 0.3 is 11.9 Å². The predicted octanol–water partition coefficient (Wildman–Crippen LogP) is 5.68. The zero-order valence-electron chi connectivity index (χ0n) is 22.1. The Balaban J connectivity index is 1.30. The number of carbonyl (C=O) groups excluding carboxylic acids is 2. The summed E-state index contributed by atoms with van der Waals surface area (Å²) >= 11 is 0. The minimum absolute atomic E-state index is 0.104. The summed E-state index contributed by atoms with van der Waals surface area (Å²) < 4.78 is 23.1. The van der Waals surface area contributed by atoms with E-state index in [4.69, 9.17) is 18.9 Å². The summed E-state index contributed by atoms with van der Waals surface area (Å²) in [6.07, 6.45) is 0.846. The average molecular weight is 513 g/mol. The summed E-state index contributed by atoms with van der Waals surface area (Å²) in [4.78, 5) is 26.7. The van der Waals surface area contributed by atoms with E-state index in [9.17, 15) is 9.59 Å². The second-order valence-corrected chi connectivity index (χ2v) is 10.8. The molecule has 0 spiro atoms. The molecule has 3 aliphatic carbocycles. The van der Waals surface area contributed by atoms with Gasteiger partial charge < -0.3 is 18.9 Å². The van der Waals surface area contributed by atoms with Crippen LogP contribution in [0.25, 0.3) is 0 Å². The number of benzene rings is 3. The Morgan fingerprint density at radius 1 is 0.711 bits per heavy atom. The van der Waals surface area contributed by atoms with Gasteiger partial charge in [0.1, 0.15) is 23.7 Å². The van der Waals surface area contributed by atoms with Crippen LogP contribution in [0.2, 0.25) is 0 Å². The van der Waals surface area contributed by atoms with Crippen LogP contribution in [0.1, 0.15) is 55.3 Å². The largest absolute Gasteiger partial charge is 0.496 e. The van der Waals surface area contributed by atoms with Gasteiger partial charge in [-0.3, -0.25) is 0 Å². The van der Waals surface area contributed by atoms with Crippen molar-refractivity contribution < 1.29 is 28.5 Å². The normalized spacial score (nSPS) is 26.4. The first-order chi connectivity index (χ1) is 18.4. The Labute approximate surface area is 222 Å². The maximum atomic E-state index is 13.4. The van der Waals surface area contributed by atoms with E-state index in [1.165, 1.54) is 11.1 Å². The number of carbonyl (C=O) groups is 2. The molecule has 196 valence electrons. The number of methoxy groups -OCH3 is 2. The molecule has 38 heavy (non-hydrogen) atoms. The van der Waals surface area contributed by atoms with E-state index >= 15 is 0 Å². The molecule has 0 amide bonds. The van der Waals surface area contributed by atoms with Gasteiger partial charge in [-0.15, -0.1) is 0 Å². The van der Waals surface area contributed by atoms with Crippen molar-refractivity contribution in [1.82, 2.24) is 0 Å². The third kappa shape index (κ3) is 3.94. The molecule has 0 radical (unpaired) electrons. The number of rotatable bonds is 6. The van der Waals surface area contributed by atoms with Crippen LogP contribution in [0.5, 0.6) is 11.5 Å². The Hall–Kier alpha value is -3.80. The lowest BCUT2D eigenvalue weighted by atomic mass is 9.76. The van der Waals surface area contributed by atoms with Crippen LogP contribution in [-0.2, 0) is 15.9 Å². The fourth-order valence-corrected chi connectivity index (χ4v) is 7.16. The molecular weight excluding hydrogens is 480 g/mol. The van der Waals surface area contributed by atoms with Crippen molar-refractivity contribution in [3.8, 4) is 11.5 Å². The van der Waals surface area contributed by atoms with Gasteiger partial charge in [-0.2, -0.15) is 0 Å². The molecule has 3 aliphatic rings. The number of fused-ring (bicyclic) bond motifs is 7. The highest BCUT2D eigenvalue weighted by atomic mass is 16.6. The highest BCUT2D eigenvalue weighted by Crippen LogP contribution is 2.62. The minimum atomic E-state index is -0.509. The second kappa shape index (κ2) is 9.50. The lowest BCUT2D eigenvalue weighted by Crippen LogP contribution is -2.45. The zero-order chi connectivity index (χ0) is 26.6. The van der Waals surface area contributed by atoms with Gasteiger partial charge in [0.25, 0.3) is 0 Å². The predicted molar refractivity (Wildman–Crippen MR) is 142 cm³/mol. The van der Waals surface area contributed by atoms with Gasteiger partial charge in [-0.25, -0.2) is 9.59 Å². The smallest absolute Gasteiger partial charge is 0.338 e. The van der Waals surface area contributed by atoms with E-state index in [2.05, 4.69) is 24.3 Å². The number of aryl methyl sites for hydroxylation is 2. The highest BCUT2D eigenvalue weighted by Gasteiger charge is 2.63. The first-order valence-electron chi connectivity index (χ1n) is 13.2. The van der Waals surface area contributed by atoms with Gasteiger partial charge in [-0.1, -0.05) is 24.3 Å². The number of hydrogen-bond donors (Lipinski definition) is 0. The summed E-state index contributed by atoms with van der Waals surface area (Å²) in [5.74, 6) is 1.56. The Kier molecular flexibility index (Phi) is 6.13. The second-order valence-electron chi connectivity index (χ2n) is 10.8. The van der Waals surface area contributed by atoms with Crippen molar-refractivity contribution in [1.29, 1.82) is 0 Å². The first-order valence-corrected chi connectivity index (χ1v) is 13.2.